The maximum atomic E-state index is 5.77. The molecule has 0 radical (unpaired) electrons. The van der Waals surface area contributed by atoms with Gasteiger partial charge in [0.15, 0.2) is 0 Å². The highest BCUT2D eigenvalue weighted by Gasteiger charge is 2.24. The number of hydrogen-bond acceptors (Lipinski definition) is 3. The fourth-order valence-corrected chi connectivity index (χ4v) is 2.40. The van der Waals surface area contributed by atoms with Crippen LogP contribution in [0, 0.1) is 5.92 Å². The number of nitrogens with zero attached hydrogens (tertiary/aromatic N) is 2. The van der Waals surface area contributed by atoms with Crippen LogP contribution in [0.5, 0.6) is 0 Å². The fraction of sp³-hybridized carbons (Fsp3) is 0.615. The maximum absolute atomic E-state index is 5.77. The van der Waals surface area contributed by atoms with Crippen LogP contribution in [0.3, 0.4) is 0 Å². The van der Waals surface area contributed by atoms with Gasteiger partial charge in [0, 0.05) is 31.5 Å². The molecule has 16 heavy (non-hydrogen) atoms. The summed E-state index contributed by atoms with van der Waals surface area (Å²) in [5, 5.41) is 0. The summed E-state index contributed by atoms with van der Waals surface area (Å²) < 4.78 is 0. The lowest BCUT2D eigenvalue weighted by atomic mass is 9.93. The van der Waals surface area contributed by atoms with Crippen molar-refractivity contribution in [2.24, 2.45) is 11.7 Å². The second kappa shape index (κ2) is 5.41. The summed E-state index contributed by atoms with van der Waals surface area (Å²) >= 11 is 0. The Hall–Kier alpha value is -0.930. The number of likely N-dealkylation sites (tertiary alicyclic amines) is 1. The summed E-state index contributed by atoms with van der Waals surface area (Å²) in [5.74, 6) is 0.679. The quantitative estimate of drug-likeness (QED) is 0.840. The number of rotatable bonds is 3. The molecule has 88 valence electrons. The Morgan fingerprint density at radius 2 is 2.12 bits per heavy atom. The van der Waals surface area contributed by atoms with Gasteiger partial charge in [0.05, 0.1) is 0 Å². The van der Waals surface area contributed by atoms with E-state index in [1.165, 1.54) is 18.4 Å². The van der Waals surface area contributed by atoms with Gasteiger partial charge in [-0.15, -0.1) is 0 Å². The molecule has 0 spiro atoms. The van der Waals surface area contributed by atoms with E-state index >= 15 is 0 Å². The first-order valence-electron chi connectivity index (χ1n) is 6.12. The summed E-state index contributed by atoms with van der Waals surface area (Å²) in [6, 6.07) is 4.87. The molecule has 3 heteroatoms. The third-order valence-corrected chi connectivity index (χ3v) is 3.58. The predicted molar refractivity (Wildman–Crippen MR) is 65.9 cm³/mol. The molecule has 3 nitrogen and oxygen atoms in total. The normalized spacial score (nSPS) is 26.9. The van der Waals surface area contributed by atoms with Gasteiger partial charge in [-0.3, -0.25) is 9.88 Å². The third-order valence-electron chi connectivity index (χ3n) is 3.58. The highest BCUT2D eigenvalue weighted by molar-refractivity contribution is 5.09. The van der Waals surface area contributed by atoms with Crippen LogP contribution in [-0.4, -0.2) is 29.0 Å². The summed E-state index contributed by atoms with van der Waals surface area (Å²) in [4.78, 5) is 6.59. The highest BCUT2D eigenvalue weighted by atomic mass is 15.2. The van der Waals surface area contributed by atoms with E-state index in [1.807, 2.05) is 12.4 Å². The largest absolute Gasteiger partial charge is 0.330 e. The number of pyridine rings is 1. The average Bonchev–Trinajstić information content (AvgIpc) is 2.33. The second-order valence-corrected chi connectivity index (χ2v) is 4.81. The molecule has 0 saturated carbocycles. The molecule has 1 aliphatic heterocycles. The van der Waals surface area contributed by atoms with E-state index in [2.05, 4.69) is 28.9 Å². The van der Waals surface area contributed by atoms with Gasteiger partial charge in [0.1, 0.15) is 0 Å². The van der Waals surface area contributed by atoms with Gasteiger partial charge >= 0.3 is 0 Å². The number of nitrogens with two attached hydrogens (primary N) is 1. The minimum Gasteiger partial charge on any atom is -0.330 e. The van der Waals surface area contributed by atoms with Crippen molar-refractivity contribution in [2.75, 3.05) is 13.1 Å². The van der Waals surface area contributed by atoms with E-state index in [1.54, 1.807) is 0 Å². The molecule has 1 aromatic rings. The first kappa shape index (κ1) is 11.6. The lowest BCUT2D eigenvalue weighted by Crippen LogP contribution is -2.43. The number of piperidine rings is 1. The number of hydrogen-bond donors (Lipinski definition) is 1. The molecule has 0 aliphatic carbocycles. The van der Waals surface area contributed by atoms with Crippen molar-refractivity contribution in [3.8, 4) is 0 Å². The summed E-state index contributed by atoms with van der Waals surface area (Å²) in [6.07, 6.45) is 6.28. The molecule has 2 N–H and O–H groups in total. The Morgan fingerprint density at radius 1 is 1.38 bits per heavy atom. The lowest BCUT2D eigenvalue weighted by molar-refractivity contribution is 0.113. The van der Waals surface area contributed by atoms with Crippen LogP contribution < -0.4 is 5.73 Å². The molecule has 2 unspecified atom stereocenters. The van der Waals surface area contributed by atoms with Crippen LogP contribution in [0.15, 0.2) is 24.5 Å². The van der Waals surface area contributed by atoms with E-state index in [0.717, 1.165) is 19.6 Å². The van der Waals surface area contributed by atoms with Crippen LogP contribution >= 0.6 is 0 Å². The fourth-order valence-electron chi connectivity index (χ4n) is 2.40. The van der Waals surface area contributed by atoms with E-state index in [-0.39, 0.29) is 0 Å². The summed E-state index contributed by atoms with van der Waals surface area (Å²) in [5.41, 5.74) is 7.11. The van der Waals surface area contributed by atoms with Gasteiger partial charge in [-0.1, -0.05) is 0 Å². The SMILES string of the molecule is CC1CCC(CN)CN1Cc1ccncc1. The molecular formula is C13H21N3. The van der Waals surface area contributed by atoms with Crippen molar-refractivity contribution in [3.63, 3.8) is 0 Å². The topological polar surface area (TPSA) is 42.1 Å². The molecule has 2 heterocycles. The second-order valence-electron chi connectivity index (χ2n) is 4.81. The predicted octanol–water partition coefficient (Wildman–Crippen LogP) is 1.64. The van der Waals surface area contributed by atoms with Crippen molar-refractivity contribution >= 4 is 0 Å². The van der Waals surface area contributed by atoms with Gasteiger partial charge in [0.25, 0.3) is 0 Å². The van der Waals surface area contributed by atoms with Crippen molar-refractivity contribution in [1.82, 2.24) is 9.88 Å². The highest BCUT2D eigenvalue weighted by Crippen LogP contribution is 2.22. The van der Waals surface area contributed by atoms with Gasteiger partial charge in [-0.05, 0) is 49.9 Å². The Labute approximate surface area is 97.7 Å². The van der Waals surface area contributed by atoms with Crippen molar-refractivity contribution < 1.29 is 0 Å². The monoisotopic (exact) mass is 219 g/mol. The zero-order valence-electron chi connectivity index (χ0n) is 9.97. The molecule has 1 fully saturated rings. The van der Waals surface area contributed by atoms with E-state index in [9.17, 15) is 0 Å². The van der Waals surface area contributed by atoms with Crippen LogP contribution in [-0.2, 0) is 6.54 Å². The summed E-state index contributed by atoms with van der Waals surface area (Å²) in [6.45, 7) is 5.30. The Morgan fingerprint density at radius 3 is 2.81 bits per heavy atom. The molecule has 1 aliphatic rings. The zero-order chi connectivity index (χ0) is 11.4. The van der Waals surface area contributed by atoms with E-state index in [0.29, 0.717) is 12.0 Å². The smallest absolute Gasteiger partial charge is 0.0271 e. The van der Waals surface area contributed by atoms with Crippen LogP contribution in [0.25, 0.3) is 0 Å². The Bertz CT molecular complexity index is 312. The first-order chi connectivity index (χ1) is 7.79. The van der Waals surface area contributed by atoms with Gasteiger partial charge < -0.3 is 5.73 Å². The minimum absolute atomic E-state index is 0.677. The van der Waals surface area contributed by atoms with Crippen molar-refractivity contribution in [2.45, 2.75) is 32.4 Å². The van der Waals surface area contributed by atoms with Crippen molar-refractivity contribution in [1.29, 1.82) is 0 Å². The molecular weight excluding hydrogens is 198 g/mol. The minimum atomic E-state index is 0.677. The summed E-state index contributed by atoms with van der Waals surface area (Å²) in [7, 11) is 0. The van der Waals surface area contributed by atoms with Crippen LogP contribution in [0.1, 0.15) is 25.3 Å². The zero-order valence-corrected chi connectivity index (χ0v) is 9.97. The van der Waals surface area contributed by atoms with Gasteiger partial charge in [-0.25, -0.2) is 0 Å². The standard InChI is InChI=1S/C13H21N3/c1-11-2-3-13(8-14)10-16(11)9-12-4-6-15-7-5-12/h4-7,11,13H,2-3,8-10,14H2,1H3. The molecule has 1 aromatic heterocycles. The van der Waals surface area contributed by atoms with E-state index in [4.69, 9.17) is 5.73 Å². The molecule has 0 aromatic carbocycles. The third kappa shape index (κ3) is 2.80. The Kier molecular flexibility index (Phi) is 3.91. The molecule has 2 atom stereocenters. The molecule has 2 rings (SSSR count). The molecule has 1 saturated heterocycles. The first-order valence-corrected chi connectivity index (χ1v) is 6.12. The van der Waals surface area contributed by atoms with Gasteiger partial charge in [-0.2, -0.15) is 0 Å². The van der Waals surface area contributed by atoms with Gasteiger partial charge in [0.2, 0.25) is 0 Å². The van der Waals surface area contributed by atoms with Crippen LogP contribution in [0.2, 0.25) is 0 Å². The number of aromatic nitrogens is 1. The average molecular weight is 219 g/mol. The molecule has 0 amide bonds. The maximum Gasteiger partial charge on any atom is 0.0271 e. The lowest BCUT2D eigenvalue weighted by Gasteiger charge is -2.37. The molecule has 0 bridgehead atoms. The van der Waals surface area contributed by atoms with Crippen LogP contribution in [0.4, 0.5) is 0 Å². The Balaban J connectivity index is 1.97. The van der Waals surface area contributed by atoms with Crippen molar-refractivity contribution in [3.05, 3.63) is 30.1 Å². The van der Waals surface area contributed by atoms with E-state index < -0.39 is 0 Å².